The molecule has 3 aromatic rings. The lowest BCUT2D eigenvalue weighted by Crippen LogP contribution is -2.37. The summed E-state index contributed by atoms with van der Waals surface area (Å²) < 4.78 is 50.1. The number of nitrogens with zero attached hydrogens (tertiary/aromatic N) is 3. The van der Waals surface area contributed by atoms with Gasteiger partial charge in [0.05, 0.1) is 29.8 Å². The molecule has 0 amide bonds. The number of nitrogens with one attached hydrogen (secondary N) is 2. The second kappa shape index (κ2) is 10.9. The highest BCUT2D eigenvalue weighted by molar-refractivity contribution is 5.87. The van der Waals surface area contributed by atoms with Crippen LogP contribution in [-0.4, -0.2) is 60.7 Å². The monoisotopic (exact) mass is 491 g/mol. The zero-order chi connectivity index (χ0) is 24.8. The Morgan fingerprint density at radius 2 is 2.11 bits per heavy atom. The zero-order valence-electron chi connectivity index (χ0n) is 19.4. The lowest BCUT2D eigenvalue weighted by atomic mass is 9.92. The molecule has 0 radical (unpaired) electrons. The van der Waals surface area contributed by atoms with Gasteiger partial charge in [-0.1, -0.05) is 0 Å². The van der Waals surface area contributed by atoms with Gasteiger partial charge >= 0.3 is 6.18 Å². The summed E-state index contributed by atoms with van der Waals surface area (Å²) in [6, 6.07) is 5.12. The normalized spacial score (nSPS) is 16.5. The molecule has 1 aliphatic heterocycles. The minimum atomic E-state index is -4.50. The van der Waals surface area contributed by atoms with Gasteiger partial charge in [0.1, 0.15) is 30.1 Å². The number of carbonyl (C=O) groups is 1. The fraction of sp³-hybridized carbons (Fsp3) is 0.458. The molecule has 0 spiro atoms. The highest BCUT2D eigenvalue weighted by atomic mass is 19.4. The molecule has 3 heterocycles. The first kappa shape index (κ1) is 24.8. The lowest BCUT2D eigenvalue weighted by Gasteiger charge is -2.33. The fourth-order valence-electron chi connectivity index (χ4n) is 4.33. The van der Waals surface area contributed by atoms with Crippen LogP contribution >= 0.6 is 0 Å². The number of hydrogen-bond acceptors (Lipinski definition) is 7. The minimum Gasteiger partial charge on any atom is -0.489 e. The molecule has 0 unspecified atom stereocenters. The molecule has 35 heavy (non-hydrogen) atoms. The van der Waals surface area contributed by atoms with Crippen molar-refractivity contribution in [1.82, 2.24) is 15.0 Å². The molecule has 0 aliphatic carbocycles. The van der Waals surface area contributed by atoms with Crippen molar-refractivity contribution in [2.45, 2.75) is 25.4 Å². The summed E-state index contributed by atoms with van der Waals surface area (Å²) in [6.07, 6.45) is 0.992. The van der Waals surface area contributed by atoms with Crippen molar-refractivity contribution in [3.05, 3.63) is 42.4 Å². The van der Waals surface area contributed by atoms with Gasteiger partial charge in [0.15, 0.2) is 5.78 Å². The number of methoxy groups -OCH3 is 1. The van der Waals surface area contributed by atoms with Gasteiger partial charge in [0.25, 0.3) is 0 Å². The number of carbonyl (C=O) groups excluding carboxylic acids is 1. The number of ketones is 1. The highest BCUT2D eigenvalue weighted by Gasteiger charge is 2.31. The second-order valence-electron chi connectivity index (χ2n) is 8.54. The van der Waals surface area contributed by atoms with E-state index in [2.05, 4.69) is 25.2 Å². The van der Waals surface area contributed by atoms with Crippen molar-refractivity contribution in [1.29, 1.82) is 0 Å². The van der Waals surface area contributed by atoms with Crippen molar-refractivity contribution in [3.63, 3.8) is 0 Å². The van der Waals surface area contributed by atoms with Crippen LogP contribution in [0.3, 0.4) is 0 Å². The molecule has 2 N–H and O–H groups in total. The van der Waals surface area contributed by atoms with E-state index >= 15 is 0 Å². The molecule has 1 fully saturated rings. The molecule has 0 bridgehead atoms. The van der Waals surface area contributed by atoms with Gasteiger partial charge in [-0.25, -0.2) is 9.97 Å². The van der Waals surface area contributed by atoms with Crippen molar-refractivity contribution in [2.24, 2.45) is 5.92 Å². The van der Waals surface area contributed by atoms with Crippen LogP contribution in [0.2, 0.25) is 0 Å². The third-order valence-corrected chi connectivity index (χ3v) is 6.00. The van der Waals surface area contributed by atoms with Gasteiger partial charge in [0, 0.05) is 32.8 Å². The topological polar surface area (TPSA) is 92.4 Å². The van der Waals surface area contributed by atoms with Crippen LogP contribution in [0.4, 0.5) is 24.7 Å². The first-order valence-corrected chi connectivity index (χ1v) is 11.5. The van der Waals surface area contributed by atoms with E-state index in [-0.39, 0.29) is 36.3 Å². The molecule has 4 rings (SSSR count). The van der Waals surface area contributed by atoms with Crippen LogP contribution in [0.5, 0.6) is 5.75 Å². The second-order valence-corrected chi connectivity index (χ2v) is 8.54. The number of piperidine rings is 1. The predicted molar refractivity (Wildman–Crippen MR) is 126 cm³/mol. The number of rotatable bonds is 10. The summed E-state index contributed by atoms with van der Waals surface area (Å²) in [4.78, 5) is 26.7. The third kappa shape index (κ3) is 6.21. The molecule has 1 saturated heterocycles. The Bertz CT molecular complexity index is 1150. The molecular formula is C24H28F3N5O3. The predicted octanol–water partition coefficient (Wildman–Crippen LogP) is 4.29. The highest BCUT2D eigenvalue weighted by Crippen LogP contribution is 2.35. The standard InChI is InChI=1S/C24H28F3N5O3/c1-34-9-10-35-21-5-4-17(24(25,26)27)12-20(21)29-13-18(33)11-16-3-2-8-32(14-16)23-19-6-7-28-22(19)30-15-31-23/h4-7,12,15-16,29H,2-3,8-11,13-14H2,1H3,(H,28,30,31)/t16-/m0/s1. The van der Waals surface area contributed by atoms with Crippen LogP contribution < -0.4 is 15.0 Å². The van der Waals surface area contributed by atoms with Gasteiger partial charge in [-0.3, -0.25) is 4.79 Å². The zero-order valence-corrected chi connectivity index (χ0v) is 19.4. The number of halogens is 3. The summed E-state index contributed by atoms with van der Waals surface area (Å²) in [7, 11) is 1.51. The summed E-state index contributed by atoms with van der Waals surface area (Å²) in [5, 5.41) is 3.79. The molecular weight excluding hydrogens is 463 g/mol. The number of ether oxygens (including phenoxy) is 2. The maximum absolute atomic E-state index is 13.2. The number of aromatic nitrogens is 3. The molecule has 1 aliphatic rings. The Labute approximate surface area is 200 Å². The van der Waals surface area contributed by atoms with Crippen LogP contribution in [0.15, 0.2) is 36.8 Å². The summed E-state index contributed by atoms with van der Waals surface area (Å²) in [5.41, 5.74) is 0.0859. The average Bonchev–Trinajstić information content (AvgIpc) is 3.32. The van der Waals surface area contributed by atoms with Crippen LogP contribution in [-0.2, 0) is 15.7 Å². The van der Waals surface area contributed by atoms with Crippen molar-refractivity contribution < 1.29 is 27.4 Å². The number of fused-ring (bicyclic) bond motifs is 1. The van der Waals surface area contributed by atoms with Crippen molar-refractivity contribution in [2.75, 3.05) is 50.2 Å². The van der Waals surface area contributed by atoms with Crippen LogP contribution in [0, 0.1) is 5.92 Å². The Morgan fingerprint density at radius 3 is 2.91 bits per heavy atom. The number of benzene rings is 1. The number of anilines is 2. The lowest BCUT2D eigenvalue weighted by molar-refractivity contribution is -0.137. The quantitative estimate of drug-likeness (QED) is 0.409. The van der Waals surface area contributed by atoms with E-state index in [0.29, 0.717) is 19.6 Å². The van der Waals surface area contributed by atoms with Gasteiger partial charge in [0.2, 0.25) is 0 Å². The largest absolute Gasteiger partial charge is 0.489 e. The number of H-pyrrole nitrogens is 1. The first-order valence-electron chi connectivity index (χ1n) is 11.5. The SMILES string of the molecule is COCCOc1ccc(C(F)(F)F)cc1NCC(=O)C[C@@H]1CCCN(c2ncnc3[nH]ccc23)C1. The molecule has 188 valence electrons. The summed E-state index contributed by atoms with van der Waals surface area (Å²) in [5.74, 6) is 1.13. The molecule has 1 atom stereocenters. The average molecular weight is 492 g/mol. The summed E-state index contributed by atoms with van der Waals surface area (Å²) >= 11 is 0. The Kier molecular flexibility index (Phi) is 7.74. The maximum atomic E-state index is 13.2. The number of Topliss-reactive ketones (excluding diaryl/α,β-unsaturated/α-hetero) is 1. The van der Waals surface area contributed by atoms with E-state index in [1.165, 1.54) is 19.5 Å². The van der Waals surface area contributed by atoms with E-state index < -0.39 is 11.7 Å². The van der Waals surface area contributed by atoms with Gasteiger partial charge < -0.3 is 24.7 Å². The van der Waals surface area contributed by atoms with Gasteiger partial charge in [-0.05, 0) is 43.0 Å². The van der Waals surface area contributed by atoms with Gasteiger partial charge in [-0.15, -0.1) is 0 Å². The summed E-state index contributed by atoms with van der Waals surface area (Å²) in [6.45, 7) is 1.90. The number of hydrogen-bond donors (Lipinski definition) is 2. The molecule has 11 heteroatoms. The van der Waals surface area contributed by atoms with E-state index in [4.69, 9.17) is 9.47 Å². The minimum absolute atomic E-state index is 0.0772. The number of aromatic amines is 1. The van der Waals surface area contributed by atoms with Crippen molar-refractivity contribution in [3.8, 4) is 5.75 Å². The van der Waals surface area contributed by atoms with Crippen LogP contribution in [0.1, 0.15) is 24.8 Å². The molecule has 0 saturated carbocycles. The number of alkyl halides is 3. The first-order chi connectivity index (χ1) is 16.8. The van der Waals surface area contributed by atoms with E-state index in [9.17, 15) is 18.0 Å². The van der Waals surface area contributed by atoms with Crippen molar-refractivity contribution >= 4 is 28.3 Å². The molecule has 8 nitrogen and oxygen atoms in total. The van der Waals surface area contributed by atoms with E-state index in [0.717, 1.165) is 48.4 Å². The van der Waals surface area contributed by atoms with Gasteiger partial charge in [-0.2, -0.15) is 13.2 Å². The third-order valence-electron chi connectivity index (χ3n) is 6.00. The Hall–Kier alpha value is -3.34. The van der Waals surface area contributed by atoms with Crippen LogP contribution in [0.25, 0.3) is 11.0 Å². The fourth-order valence-corrected chi connectivity index (χ4v) is 4.33. The molecule has 1 aromatic carbocycles. The maximum Gasteiger partial charge on any atom is 0.416 e. The van der Waals surface area contributed by atoms with E-state index in [1.54, 1.807) is 0 Å². The smallest absolute Gasteiger partial charge is 0.416 e. The van der Waals surface area contributed by atoms with E-state index in [1.807, 2.05) is 12.3 Å². The molecule has 2 aromatic heterocycles. The Morgan fingerprint density at radius 1 is 1.26 bits per heavy atom. The Balaban J connectivity index is 1.38.